The zero-order chi connectivity index (χ0) is 18.6. The first-order valence-corrected chi connectivity index (χ1v) is 9.48. The number of nitrogens with one attached hydrogen (secondary N) is 2. The number of fused-ring (bicyclic) bond motifs is 1. The van der Waals surface area contributed by atoms with E-state index in [0.29, 0.717) is 5.56 Å². The summed E-state index contributed by atoms with van der Waals surface area (Å²) in [4.78, 5) is 14.4. The summed E-state index contributed by atoms with van der Waals surface area (Å²) < 4.78 is 5.43. The molecule has 1 aliphatic rings. The lowest BCUT2D eigenvalue weighted by molar-refractivity contribution is -0.901. The molecule has 138 valence electrons. The van der Waals surface area contributed by atoms with Crippen molar-refractivity contribution in [1.29, 1.82) is 0 Å². The number of hydrogen-bond donors (Lipinski definition) is 2. The van der Waals surface area contributed by atoms with E-state index >= 15 is 0 Å². The largest absolute Gasteiger partial charge is 0.496 e. The fraction of sp³-hybridized carbons (Fsp3) is 0.261. The third kappa shape index (κ3) is 3.81. The number of quaternary nitrogens is 1. The maximum absolute atomic E-state index is 12.9. The Balaban J connectivity index is 1.45. The molecule has 0 aromatic heterocycles. The predicted molar refractivity (Wildman–Crippen MR) is 107 cm³/mol. The number of carbonyl (C=O) groups excluding carboxylic acids is 1. The second-order valence-corrected chi connectivity index (χ2v) is 7.19. The van der Waals surface area contributed by atoms with E-state index < -0.39 is 0 Å². The van der Waals surface area contributed by atoms with Crippen LogP contribution in [0.5, 0.6) is 5.75 Å². The van der Waals surface area contributed by atoms with Gasteiger partial charge < -0.3 is 15.0 Å². The second-order valence-electron chi connectivity index (χ2n) is 7.19. The van der Waals surface area contributed by atoms with Gasteiger partial charge in [-0.2, -0.15) is 0 Å². The van der Waals surface area contributed by atoms with Crippen molar-refractivity contribution in [3.63, 3.8) is 0 Å². The summed E-state index contributed by atoms with van der Waals surface area (Å²) in [5.74, 6) is 0.793. The van der Waals surface area contributed by atoms with Crippen LogP contribution in [0.25, 0.3) is 10.8 Å². The molecule has 4 heteroatoms. The highest BCUT2D eigenvalue weighted by Gasteiger charge is 2.28. The first-order valence-electron chi connectivity index (χ1n) is 9.48. The van der Waals surface area contributed by atoms with E-state index in [9.17, 15) is 4.79 Å². The van der Waals surface area contributed by atoms with Crippen LogP contribution in [-0.2, 0) is 6.54 Å². The first-order chi connectivity index (χ1) is 13.2. The Kier molecular flexibility index (Phi) is 5.07. The first kappa shape index (κ1) is 17.6. The van der Waals surface area contributed by atoms with E-state index in [0.717, 1.165) is 42.6 Å². The molecule has 27 heavy (non-hydrogen) atoms. The minimum absolute atomic E-state index is 0.000172. The van der Waals surface area contributed by atoms with Gasteiger partial charge in [-0.3, -0.25) is 4.79 Å². The quantitative estimate of drug-likeness (QED) is 0.733. The summed E-state index contributed by atoms with van der Waals surface area (Å²) in [5.41, 5.74) is 2.06. The number of carbonyl (C=O) groups is 1. The summed E-state index contributed by atoms with van der Waals surface area (Å²) in [5, 5.41) is 5.14. The number of benzene rings is 3. The highest BCUT2D eigenvalue weighted by atomic mass is 16.5. The molecule has 3 aromatic carbocycles. The normalized spacial score (nSPS) is 19.1. The maximum Gasteiger partial charge on any atom is 0.252 e. The molecular formula is C23H25N2O2+. The lowest BCUT2D eigenvalue weighted by atomic mass is 10.0. The third-order valence-corrected chi connectivity index (χ3v) is 5.36. The highest BCUT2D eigenvalue weighted by molar-refractivity contribution is 6.08. The van der Waals surface area contributed by atoms with Gasteiger partial charge in [0.2, 0.25) is 0 Å². The van der Waals surface area contributed by atoms with E-state index in [2.05, 4.69) is 29.6 Å². The summed E-state index contributed by atoms with van der Waals surface area (Å²) in [7, 11) is 1.66. The Hall–Kier alpha value is -2.85. The van der Waals surface area contributed by atoms with Crippen LogP contribution < -0.4 is 15.0 Å². The number of likely N-dealkylation sites (tertiary alicyclic amines) is 1. The number of amides is 1. The molecule has 4 rings (SSSR count). The molecule has 2 N–H and O–H groups in total. The molecule has 2 atom stereocenters. The predicted octanol–water partition coefficient (Wildman–Crippen LogP) is 2.44. The molecule has 0 bridgehead atoms. The minimum atomic E-state index is -0.000172. The topological polar surface area (TPSA) is 42.8 Å². The minimum Gasteiger partial charge on any atom is -0.496 e. The van der Waals surface area contributed by atoms with Gasteiger partial charge in [0.25, 0.3) is 5.91 Å². The van der Waals surface area contributed by atoms with Crippen molar-refractivity contribution in [3.05, 3.63) is 77.9 Å². The van der Waals surface area contributed by atoms with Crippen molar-refractivity contribution in [3.8, 4) is 5.75 Å². The van der Waals surface area contributed by atoms with Crippen molar-refractivity contribution in [2.75, 3.05) is 20.2 Å². The average molecular weight is 361 g/mol. The Labute approximate surface area is 159 Å². The SMILES string of the molecule is COc1ccc(C(=O)N[C@H]2CC[NH+](Cc3ccccc3)C2)c2ccccc12. The van der Waals surface area contributed by atoms with E-state index in [-0.39, 0.29) is 11.9 Å². The molecule has 0 saturated carbocycles. The maximum atomic E-state index is 12.9. The summed E-state index contributed by atoms with van der Waals surface area (Å²) in [6, 6.07) is 22.4. The molecule has 1 unspecified atom stereocenters. The van der Waals surface area contributed by atoms with Crippen molar-refractivity contribution >= 4 is 16.7 Å². The Morgan fingerprint density at radius 3 is 2.56 bits per heavy atom. The van der Waals surface area contributed by atoms with Crippen LogP contribution in [0.1, 0.15) is 22.3 Å². The Bertz CT molecular complexity index is 940. The number of hydrogen-bond acceptors (Lipinski definition) is 2. The van der Waals surface area contributed by atoms with Gasteiger partial charge in [0, 0.05) is 22.9 Å². The summed E-state index contributed by atoms with van der Waals surface area (Å²) in [6.07, 6.45) is 1.02. The molecule has 1 saturated heterocycles. The van der Waals surface area contributed by atoms with Crippen molar-refractivity contribution in [2.45, 2.75) is 19.0 Å². The molecule has 0 aliphatic carbocycles. The van der Waals surface area contributed by atoms with Crippen LogP contribution >= 0.6 is 0 Å². The van der Waals surface area contributed by atoms with E-state index in [4.69, 9.17) is 4.74 Å². The smallest absolute Gasteiger partial charge is 0.252 e. The van der Waals surface area contributed by atoms with Gasteiger partial charge in [-0.15, -0.1) is 0 Å². The van der Waals surface area contributed by atoms with Gasteiger partial charge in [0.05, 0.1) is 26.2 Å². The van der Waals surface area contributed by atoms with Crippen LogP contribution in [0.2, 0.25) is 0 Å². The summed E-state index contributed by atoms with van der Waals surface area (Å²) in [6.45, 7) is 3.07. The van der Waals surface area contributed by atoms with Crippen LogP contribution in [0, 0.1) is 0 Å². The zero-order valence-electron chi connectivity index (χ0n) is 15.6. The summed E-state index contributed by atoms with van der Waals surface area (Å²) >= 11 is 0. The number of ether oxygens (including phenoxy) is 1. The van der Waals surface area contributed by atoms with Crippen molar-refractivity contribution in [2.24, 2.45) is 0 Å². The fourth-order valence-electron chi connectivity index (χ4n) is 4.01. The van der Waals surface area contributed by atoms with Gasteiger partial charge in [0.1, 0.15) is 12.3 Å². The third-order valence-electron chi connectivity index (χ3n) is 5.36. The van der Waals surface area contributed by atoms with Gasteiger partial charge in [-0.05, 0) is 17.5 Å². The lowest BCUT2D eigenvalue weighted by Crippen LogP contribution is -3.09. The molecule has 0 radical (unpaired) electrons. The molecule has 1 aliphatic heterocycles. The second kappa shape index (κ2) is 7.80. The molecule has 1 amide bonds. The lowest BCUT2D eigenvalue weighted by Gasteiger charge is -2.15. The van der Waals surface area contributed by atoms with Crippen molar-refractivity contribution in [1.82, 2.24) is 5.32 Å². The van der Waals surface area contributed by atoms with Crippen molar-refractivity contribution < 1.29 is 14.4 Å². The molecule has 1 heterocycles. The Morgan fingerprint density at radius 1 is 1.04 bits per heavy atom. The molecule has 4 nitrogen and oxygen atoms in total. The van der Waals surface area contributed by atoms with Crippen LogP contribution in [-0.4, -0.2) is 32.1 Å². The van der Waals surface area contributed by atoms with Crippen LogP contribution in [0.4, 0.5) is 0 Å². The standard InChI is InChI=1S/C23H24N2O2/c1-27-22-12-11-21(19-9-5-6-10-20(19)22)23(26)24-18-13-14-25(16-18)15-17-7-3-2-4-8-17/h2-12,18H,13-16H2,1H3,(H,24,26)/p+1/t18-/m0/s1. The number of methoxy groups -OCH3 is 1. The van der Waals surface area contributed by atoms with Gasteiger partial charge in [-0.1, -0.05) is 54.6 Å². The van der Waals surface area contributed by atoms with E-state index in [1.807, 2.05) is 42.5 Å². The molecular weight excluding hydrogens is 336 g/mol. The van der Waals surface area contributed by atoms with E-state index in [1.165, 1.54) is 10.5 Å². The molecule has 3 aromatic rings. The average Bonchev–Trinajstić information content (AvgIpc) is 3.14. The Morgan fingerprint density at radius 2 is 1.78 bits per heavy atom. The van der Waals surface area contributed by atoms with E-state index in [1.54, 1.807) is 7.11 Å². The fourth-order valence-corrected chi connectivity index (χ4v) is 4.01. The van der Waals surface area contributed by atoms with Crippen LogP contribution in [0.15, 0.2) is 66.7 Å². The molecule has 0 spiro atoms. The number of rotatable bonds is 5. The van der Waals surface area contributed by atoms with Gasteiger partial charge >= 0.3 is 0 Å². The highest BCUT2D eigenvalue weighted by Crippen LogP contribution is 2.28. The molecule has 1 fully saturated rings. The van der Waals surface area contributed by atoms with Gasteiger partial charge in [-0.25, -0.2) is 0 Å². The van der Waals surface area contributed by atoms with Gasteiger partial charge in [0.15, 0.2) is 0 Å². The monoisotopic (exact) mass is 361 g/mol. The van der Waals surface area contributed by atoms with Crippen LogP contribution in [0.3, 0.4) is 0 Å². The zero-order valence-corrected chi connectivity index (χ0v) is 15.6.